The van der Waals surface area contributed by atoms with E-state index in [0.29, 0.717) is 28.7 Å². The summed E-state index contributed by atoms with van der Waals surface area (Å²) < 4.78 is 1.78. The zero-order valence-corrected chi connectivity index (χ0v) is 14.1. The highest BCUT2D eigenvalue weighted by Gasteiger charge is 2.42. The van der Waals surface area contributed by atoms with Gasteiger partial charge in [0.1, 0.15) is 5.82 Å². The number of hydrogen-bond acceptors (Lipinski definition) is 3. The van der Waals surface area contributed by atoms with Gasteiger partial charge in [0.25, 0.3) is 5.91 Å². The van der Waals surface area contributed by atoms with E-state index in [-0.39, 0.29) is 5.91 Å². The first-order valence-electron chi connectivity index (χ1n) is 8.73. The van der Waals surface area contributed by atoms with E-state index in [0.717, 1.165) is 43.7 Å². The number of benzene rings is 1. The smallest absolute Gasteiger partial charge is 0.293 e. The van der Waals surface area contributed by atoms with Crippen LogP contribution in [0.1, 0.15) is 54.5 Å². The molecule has 124 valence electrons. The Morgan fingerprint density at radius 2 is 2.00 bits per heavy atom. The van der Waals surface area contributed by atoms with Crippen LogP contribution in [0.2, 0.25) is 5.02 Å². The van der Waals surface area contributed by atoms with Gasteiger partial charge in [-0.15, -0.1) is 5.10 Å². The van der Waals surface area contributed by atoms with Crippen molar-refractivity contribution in [1.82, 2.24) is 19.7 Å². The van der Waals surface area contributed by atoms with Gasteiger partial charge in [0, 0.05) is 18.5 Å². The molecular formula is C18H19ClN4O. The van der Waals surface area contributed by atoms with Gasteiger partial charge in [-0.1, -0.05) is 23.7 Å². The number of amides is 1. The van der Waals surface area contributed by atoms with Gasteiger partial charge in [-0.05, 0) is 50.2 Å². The first-order valence-corrected chi connectivity index (χ1v) is 9.11. The first-order chi connectivity index (χ1) is 11.7. The average molecular weight is 343 g/mol. The molecule has 3 aliphatic rings. The molecule has 2 atom stereocenters. The fraction of sp³-hybridized carbons (Fsp3) is 0.500. The number of aromatic nitrogens is 3. The Morgan fingerprint density at radius 1 is 1.17 bits per heavy atom. The van der Waals surface area contributed by atoms with Crippen molar-refractivity contribution in [3.05, 3.63) is 40.9 Å². The highest BCUT2D eigenvalue weighted by Crippen LogP contribution is 2.41. The molecule has 24 heavy (non-hydrogen) atoms. The van der Waals surface area contributed by atoms with E-state index in [2.05, 4.69) is 10.1 Å². The molecule has 1 aromatic carbocycles. The fourth-order valence-electron chi connectivity index (χ4n) is 4.12. The molecule has 5 rings (SSSR count). The van der Waals surface area contributed by atoms with Crippen molar-refractivity contribution in [3.63, 3.8) is 0 Å². The number of nitrogens with zero attached hydrogens (tertiary/aromatic N) is 4. The molecular weight excluding hydrogens is 324 g/mol. The predicted octanol–water partition coefficient (Wildman–Crippen LogP) is 3.42. The summed E-state index contributed by atoms with van der Waals surface area (Å²) in [6, 6.07) is 7.98. The Morgan fingerprint density at radius 3 is 2.67 bits per heavy atom. The van der Waals surface area contributed by atoms with Gasteiger partial charge in [-0.25, -0.2) is 9.67 Å². The van der Waals surface area contributed by atoms with Crippen LogP contribution in [-0.4, -0.2) is 38.2 Å². The molecule has 2 unspecified atom stereocenters. The number of para-hydroxylation sites is 1. The zero-order chi connectivity index (χ0) is 16.3. The molecule has 6 heteroatoms. The highest BCUT2D eigenvalue weighted by atomic mass is 35.5. The summed E-state index contributed by atoms with van der Waals surface area (Å²) in [5, 5.41) is 5.19. The van der Waals surface area contributed by atoms with E-state index in [1.165, 1.54) is 6.42 Å². The molecule has 1 saturated heterocycles. The lowest BCUT2D eigenvalue weighted by Crippen LogP contribution is -2.38. The number of likely N-dealkylation sites (tertiary alicyclic amines) is 1. The van der Waals surface area contributed by atoms with Gasteiger partial charge >= 0.3 is 0 Å². The summed E-state index contributed by atoms with van der Waals surface area (Å²) in [7, 11) is 0. The van der Waals surface area contributed by atoms with Gasteiger partial charge in [0.15, 0.2) is 0 Å². The molecule has 1 amide bonds. The van der Waals surface area contributed by atoms with Gasteiger partial charge in [-0.3, -0.25) is 4.79 Å². The third-order valence-corrected chi connectivity index (χ3v) is 5.84. The summed E-state index contributed by atoms with van der Waals surface area (Å²) in [5.41, 5.74) is 0.801. The molecule has 3 fully saturated rings. The first kappa shape index (κ1) is 14.5. The zero-order valence-electron chi connectivity index (χ0n) is 13.4. The molecule has 1 aliphatic heterocycles. The molecule has 0 N–H and O–H groups in total. The fourth-order valence-corrected chi connectivity index (χ4v) is 4.34. The normalized spacial score (nSPS) is 25.5. The van der Waals surface area contributed by atoms with Crippen molar-refractivity contribution in [2.75, 3.05) is 6.54 Å². The molecule has 0 radical (unpaired) electrons. The number of piperidine rings is 1. The molecule has 2 saturated carbocycles. The van der Waals surface area contributed by atoms with Crippen molar-refractivity contribution in [2.45, 2.75) is 44.1 Å². The molecule has 2 heterocycles. The predicted molar refractivity (Wildman–Crippen MR) is 90.5 cm³/mol. The number of rotatable bonds is 3. The van der Waals surface area contributed by atoms with Crippen molar-refractivity contribution in [1.29, 1.82) is 0 Å². The van der Waals surface area contributed by atoms with Gasteiger partial charge in [-0.2, -0.15) is 0 Å². The molecule has 2 aliphatic carbocycles. The van der Waals surface area contributed by atoms with Crippen LogP contribution in [0.15, 0.2) is 24.3 Å². The Bertz CT molecular complexity index is 813. The van der Waals surface area contributed by atoms with Crippen LogP contribution in [0, 0.1) is 5.92 Å². The third kappa shape index (κ3) is 2.25. The standard InChI is InChI=1S/C18H19ClN4O/c19-14-3-1-2-4-15(14)23-17(12-6-7-12)20-16(21-23)18(24)22-10-11-5-8-13(22)9-11/h1-4,11-13H,5-10H2. The second-order valence-corrected chi connectivity index (χ2v) is 7.63. The van der Waals surface area contributed by atoms with Crippen LogP contribution in [0.3, 0.4) is 0 Å². The van der Waals surface area contributed by atoms with Crippen LogP contribution in [-0.2, 0) is 0 Å². The summed E-state index contributed by atoms with van der Waals surface area (Å²) in [6.45, 7) is 0.864. The van der Waals surface area contributed by atoms with Crippen molar-refractivity contribution in [3.8, 4) is 5.69 Å². The number of carbonyl (C=O) groups is 1. The molecule has 2 bridgehead atoms. The summed E-state index contributed by atoms with van der Waals surface area (Å²) in [4.78, 5) is 19.5. The second kappa shape index (κ2) is 5.31. The molecule has 0 spiro atoms. The maximum absolute atomic E-state index is 12.9. The monoisotopic (exact) mass is 342 g/mol. The van der Waals surface area contributed by atoms with Crippen molar-refractivity contribution < 1.29 is 4.79 Å². The Hall–Kier alpha value is -1.88. The maximum Gasteiger partial charge on any atom is 0.293 e. The Kier molecular flexibility index (Phi) is 3.20. The van der Waals surface area contributed by atoms with E-state index in [4.69, 9.17) is 11.6 Å². The van der Waals surface area contributed by atoms with Crippen molar-refractivity contribution in [2.24, 2.45) is 5.92 Å². The SMILES string of the molecule is O=C(c1nc(C2CC2)n(-c2ccccc2Cl)n1)N1CC2CCC1C2. The van der Waals surface area contributed by atoms with Gasteiger partial charge in [0.2, 0.25) is 5.82 Å². The van der Waals surface area contributed by atoms with Crippen LogP contribution in [0.4, 0.5) is 0 Å². The minimum absolute atomic E-state index is 0.0186. The second-order valence-electron chi connectivity index (χ2n) is 7.22. The lowest BCUT2D eigenvalue weighted by molar-refractivity contribution is 0.0691. The van der Waals surface area contributed by atoms with Crippen LogP contribution in [0.5, 0.6) is 0 Å². The molecule has 5 nitrogen and oxygen atoms in total. The number of carbonyl (C=O) groups excluding carboxylic acids is 1. The summed E-state index contributed by atoms with van der Waals surface area (Å²) in [6.07, 6.45) is 5.73. The van der Waals surface area contributed by atoms with E-state index in [1.807, 2.05) is 29.2 Å². The van der Waals surface area contributed by atoms with Crippen LogP contribution < -0.4 is 0 Å². The quantitative estimate of drug-likeness (QED) is 0.858. The average Bonchev–Trinajstić information content (AvgIpc) is 3.04. The molecule has 1 aromatic heterocycles. The Labute approximate surface area is 145 Å². The largest absolute Gasteiger partial charge is 0.333 e. The Balaban J connectivity index is 1.53. The highest BCUT2D eigenvalue weighted by molar-refractivity contribution is 6.32. The van der Waals surface area contributed by atoms with Gasteiger partial charge in [0.05, 0.1) is 10.7 Å². The maximum atomic E-state index is 12.9. The third-order valence-electron chi connectivity index (χ3n) is 5.52. The lowest BCUT2D eigenvalue weighted by atomic mass is 10.1. The van der Waals surface area contributed by atoms with E-state index in [9.17, 15) is 4.79 Å². The summed E-state index contributed by atoms with van der Waals surface area (Å²) >= 11 is 6.34. The summed E-state index contributed by atoms with van der Waals surface area (Å²) in [5.74, 6) is 2.24. The van der Waals surface area contributed by atoms with Crippen LogP contribution in [0.25, 0.3) is 5.69 Å². The number of hydrogen-bond donors (Lipinski definition) is 0. The van der Waals surface area contributed by atoms with Crippen molar-refractivity contribution >= 4 is 17.5 Å². The topological polar surface area (TPSA) is 51.0 Å². The minimum Gasteiger partial charge on any atom is -0.333 e. The minimum atomic E-state index is -0.0186. The number of halogens is 1. The lowest BCUT2D eigenvalue weighted by Gasteiger charge is -2.25. The van der Waals surface area contributed by atoms with E-state index >= 15 is 0 Å². The van der Waals surface area contributed by atoms with Gasteiger partial charge < -0.3 is 4.90 Å². The van der Waals surface area contributed by atoms with E-state index in [1.54, 1.807) is 4.68 Å². The number of fused-ring (bicyclic) bond motifs is 2. The van der Waals surface area contributed by atoms with E-state index < -0.39 is 0 Å². The van der Waals surface area contributed by atoms with Crippen LogP contribution >= 0.6 is 11.6 Å². The molecule has 2 aromatic rings.